The van der Waals surface area contributed by atoms with Crippen LogP contribution in [0.5, 0.6) is 5.75 Å². The summed E-state index contributed by atoms with van der Waals surface area (Å²) >= 11 is 0. The molecule has 0 fully saturated rings. The third-order valence-corrected chi connectivity index (χ3v) is 2.57. The van der Waals surface area contributed by atoms with Crippen LogP contribution in [0.2, 0.25) is 0 Å². The van der Waals surface area contributed by atoms with E-state index in [1.807, 2.05) is 36.4 Å². The van der Waals surface area contributed by atoms with Crippen molar-refractivity contribution in [2.75, 3.05) is 7.11 Å². The minimum Gasteiger partial charge on any atom is -0.496 e. The third-order valence-electron chi connectivity index (χ3n) is 2.57. The van der Waals surface area contributed by atoms with Crippen molar-refractivity contribution in [2.45, 2.75) is 6.42 Å². The molecule has 0 atom stereocenters. The lowest BCUT2D eigenvalue weighted by Crippen LogP contribution is -1.91. The van der Waals surface area contributed by atoms with E-state index in [2.05, 4.69) is 11.8 Å². The normalized spacial score (nSPS) is 9.61. The van der Waals surface area contributed by atoms with Crippen molar-refractivity contribution in [3.63, 3.8) is 0 Å². The Kier molecular flexibility index (Phi) is 3.49. The Morgan fingerprint density at radius 3 is 2.61 bits per heavy atom. The molecule has 3 nitrogen and oxygen atoms in total. The molecule has 0 heterocycles. The number of rotatable bonds is 2. The molecule has 0 bridgehead atoms. The Morgan fingerprint density at radius 2 is 1.94 bits per heavy atom. The molecule has 0 unspecified atom stereocenters. The maximum atomic E-state index is 10.4. The van der Waals surface area contributed by atoms with Crippen LogP contribution in [0.3, 0.4) is 0 Å². The van der Waals surface area contributed by atoms with Crippen LogP contribution in [0, 0.1) is 11.8 Å². The first kappa shape index (κ1) is 12.0. The number of carbonyl (C=O) groups is 1. The molecule has 18 heavy (non-hydrogen) atoms. The van der Waals surface area contributed by atoms with E-state index in [1.165, 1.54) is 0 Å². The van der Waals surface area contributed by atoms with Gasteiger partial charge in [-0.25, -0.2) is 0 Å². The minimum absolute atomic E-state index is 0.152. The number of carboxylic acid groups (broad SMARTS) is 1. The van der Waals surface area contributed by atoms with E-state index in [4.69, 9.17) is 9.84 Å². The van der Waals surface area contributed by atoms with Gasteiger partial charge < -0.3 is 9.84 Å². The van der Waals surface area contributed by atoms with Gasteiger partial charge in [0.25, 0.3) is 0 Å². The molecule has 3 heteroatoms. The molecule has 0 spiro atoms. The molecule has 2 aromatic carbocycles. The molecule has 90 valence electrons. The fraction of sp³-hybridized carbons (Fsp3) is 0.133. The first-order valence-corrected chi connectivity index (χ1v) is 5.49. The van der Waals surface area contributed by atoms with Crippen molar-refractivity contribution in [2.24, 2.45) is 0 Å². The number of hydrogen-bond donors (Lipinski definition) is 1. The number of benzene rings is 2. The van der Waals surface area contributed by atoms with Crippen LogP contribution in [-0.2, 0) is 4.79 Å². The van der Waals surface area contributed by atoms with Gasteiger partial charge >= 0.3 is 5.97 Å². The lowest BCUT2D eigenvalue weighted by Gasteiger charge is -2.06. The van der Waals surface area contributed by atoms with Crippen LogP contribution in [0.15, 0.2) is 36.4 Å². The summed E-state index contributed by atoms with van der Waals surface area (Å²) in [5.74, 6) is 5.39. The predicted octanol–water partition coefficient (Wildman–Crippen LogP) is 2.67. The lowest BCUT2D eigenvalue weighted by atomic mass is 10.0. The van der Waals surface area contributed by atoms with E-state index >= 15 is 0 Å². The number of methoxy groups -OCH3 is 1. The highest BCUT2D eigenvalue weighted by molar-refractivity contribution is 5.93. The Labute approximate surface area is 105 Å². The van der Waals surface area contributed by atoms with Gasteiger partial charge in [-0.05, 0) is 12.1 Å². The van der Waals surface area contributed by atoms with Crippen LogP contribution >= 0.6 is 0 Å². The van der Waals surface area contributed by atoms with Crippen LogP contribution < -0.4 is 4.74 Å². The standard InChI is InChI=1S/C15H12O3/c1-18-14-10-9-11(5-4-8-15(16)17)12-6-2-3-7-13(12)14/h2-3,6-7,9-10H,8H2,1H3,(H,16,17). The van der Waals surface area contributed by atoms with Crippen LogP contribution in [0.25, 0.3) is 10.8 Å². The number of ether oxygens (including phenoxy) is 1. The van der Waals surface area contributed by atoms with Crippen molar-refractivity contribution in [3.05, 3.63) is 42.0 Å². The van der Waals surface area contributed by atoms with Gasteiger partial charge in [0.05, 0.1) is 7.11 Å². The summed E-state index contributed by atoms with van der Waals surface area (Å²) in [6.07, 6.45) is -0.152. The molecule has 0 saturated carbocycles. The molecule has 2 aromatic rings. The number of hydrogen-bond acceptors (Lipinski definition) is 2. The zero-order valence-electron chi connectivity index (χ0n) is 9.93. The summed E-state index contributed by atoms with van der Waals surface area (Å²) in [5, 5.41) is 10.5. The Balaban J connectivity index is 2.51. The summed E-state index contributed by atoms with van der Waals surface area (Å²) < 4.78 is 5.28. The lowest BCUT2D eigenvalue weighted by molar-refractivity contribution is -0.135. The number of carboxylic acids is 1. The zero-order chi connectivity index (χ0) is 13.0. The van der Waals surface area contributed by atoms with E-state index in [0.717, 1.165) is 22.1 Å². The largest absolute Gasteiger partial charge is 0.496 e. The molecule has 1 N–H and O–H groups in total. The number of fused-ring (bicyclic) bond motifs is 1. The van der Waals surface area contributed by atoms with Crippen molar-refractivity contribution in [1.29, 1.82) is 0 Å². The van der Waals surface area contributed by atoms with Crippen molar-refractivity contribution in [3.8, 4) is 17.6 Å². The molecule has 0 aliphatic carbocycles. The van der Waals surface area contributed by atoms with Gasteiger partial charge in [-0.2, -0.15) is 0 Å². The quantitative estimate of drug-likeness (QED) is 0.821. The van der Waals surface area contributed by atoms with E-state index in [9.17, 15) is 4.79 Å². The molecule has 0 radical (unpaired) electrons. The molecular formula is C15H12O3. The Morgan fingerprint density at radius 1 is 1.22 bits per heavy atom. The zero-order valence-corrected chi connectivity index (χ0v) is 9.93. The highest BCUT2D eigenvalue weighted by Crippen LogP contribution is 2.27. The van der Waals surface area contributed by atoms with Gasteiger partial charge in [-0.15, -0.1) is 0 Å². The summed E-state index contributed by atoms with van der Waals surface area (Å²) in [6.45, 7) is 0. The monoisotopic (exact) mass is 240 g/mol. The topological polar surface area (TPSA) is 46.5 Å². The van der Waals surface area contributed by atoms with E-state index in [-0.39, 0.29) is 6.42 Å². The van der Waals surface area contributed by atoms with Gasteiger partial charge in [-0.3, -0.25) is 4.79 Å². The van der Waals surface area contributed by atoms with Crippen molar-refractivity contribution < 1.29 is 14.6 Å². The highest BCUT2D eigenvalue weighted by atomic mass is 16.5. The summed E-state index contributed by atoms with van der Waals surface area (Å²) in [7, 11) is 1.62. The van der Waals surface area contributed by atoms with Gasteiger partial charge in [0.1, 0.15) is 12.2 Å². The van der Waals surface area contributed by atoms with Gasteiger partial charge in [0, 0.05) is 16.3 Å². The smallest absolute Gasteiger partial charge is 0.315 e. The molecule has 0 aromatic heterocycles. The molecule has 0 saturated heterocycles. The average molecular weight is 240 g/mol. The highest BCUT2D eigenvalue weighted by Gasteiger charge is 2.03. The van der Waals surface area contributed by atoms with Crippen LogP contribution in [0.4, 0.5) is 0 Å². The minimum atomic E-state index is -0.916. The number of aliphatic carboxylic acids is 1. The average Bonchev–Trinajstić information content (AvgIpc) is 2.38. The fourth-order valence-electron chi connectivity index (χ4n) is 1.77. The summed E-state index contributed by atoms with van der Waals surface area (Å²) in [6, 6.07) is 11.4. The van der Waals surface area contributed by atoms with E-state index in [0.29, 0.717) is 0 Å². The Hall–Kier alpha value is -2.47. The first-order chi connectivity index (χ1) is 8.72. The van der Waals surface area contributed by atoms with Crippen molar-refractivity contribution in [1.82, 2.24) is 0 Å². The summed E-state index contributed by atoms with van der Waals surface area (Å²) in [4.78, 5) is 10.4. The first-order valence-electron chi connectivity index (χ1n) is 5.49. The van der Waals surface area contributed by atoms with Crippen LogP contribution in [-0.4, -0.2) is 18.2 Å². The van der Waals surface area contributed by atoms with Gasteiger partial charge in [0.15, 0.2) is 0 Å². The predicted molar refractivity (Wildman–Crippen MR) is 69.6 cm³/mol. The SMILES string of the molecule is COc1ccc(C#CCC(=O)O)c2ccccc12. The second-order valence-corrected chi connectivity index (χ2v) is 3.73. The second kappa shape index (κ2) is 5.24. The van der Waals surface area contributed by atoms with Crippen molar-refractivity contribution >= 4 is 16.7 Å². The van der Waals surface area contributed by atoms with Gasteiger partial charge in [0.2, 0.25) is 0 Å². The maximum Gasteiger partial charge on any atom is 0.315 e. The van der Waals surface area contributed by atoms with E-state index < -0.39 is 5.97 Å². The molecule has 0 aliphatic rings. The van der Waals surface area contributed by atoms with Gasteiger partial charge in [-0.1, -0.05) is 36.1 Å². The fourth-order valence-corrected chi connectivity index (χ4v) is 1.77. The molecule has 0 aliphatic heterocycles. The Bertz CT molecular complexity index is 648. The third kappa shape index (κ3) is 2.44. The second-order valence-electron chi connectivity index (χ2n) is 3.73. The molecular weight excluding hydrogens is 228 g/mol. The van der Waals surface area contributed by atoms with E-state index in [1.54, 1.807) is 7.11 Å². The molecule has 0 amide bonds. The summed E-state index contributed by atoms with van der Waals surface area (Å²) in [5.41, 5.74) is 0.813. The maximum absolute atomic E-state index is 10.4. The van der Waals surface area contributed by atoms with Crippen LogP contribution in [0.1, 0.15) is 12.0 Å². The molecule has 2 rings (SSSR count).